The van der Waals surface area contributed by atoms with E-state index >= 15 is 0 Å². The van der Waals surface area contributed by atoms with E-state index in [2.05, 4.69) is 10.6 Å². The van der Waals surface area contributed by atoms with Crippen LogP contribution in [0, 0.1) is 0 Å². The van der Waals surface area contributed by atoms with Crippen molar-refractivity contribution in [3.63, 3.8) is 0 Å². The number of anilines is 2. The van der Waals surface area contributed by atoms with Crippen molar-refractivity contribution in [2.75, 3.05) is 23.0 Å². The fourth-order valence-electron chi connectivity index (χ4n) is 2.62. The van der Waals surface area contributed by atoms with Crippen LogP contribution in [0.2, 0.25) is 0 Å². The van der Waals surface area contributed by atoms with E-state index < -0.39 is 32.5 Å². The molecule has 2 rings (SSSR count). The SMILES string of the molecule is CCOc1ccc(NC(=O)CS(=O)(=O)C(C)C(=O)c2ccc(NC(C)=O)cc2)cc1. The number of hydrogen-bond donors (Lipinski definition) is 2. The molecule has 30 heavy (non-hydrogen) atoms. The highest BCUT2D eigenvalue weighted by Gasteiger charge is 2.31. The van der Waals surface area contributed by atoms with Crippen LogP contribution in [-0.2, 0) is 19.4 Å². The third-order valence-corrected chi connectivity index (χ3v) is 6.14. The Labute approximate surface area is 175 Å². The van der Waals surface area contributed by atoms with E-state index in [1.807, 2.05) is 6.92 Å². The van der Waals surface area contributed by atoms with E-state index in [0.717, 1.165) is 0 Å². The molecule has 2 N–H and O–H groups in total. The number of benzene rings is 2. The Morgan fingerprint density at radius 1 is 0.933 bits per heavy atom. The van der Waals surface area contributed by atoms with Gasteiger partial charge < -0.3 is 15.4 Å². The Hall–Kier alpha value is -3.20. The molecule has 0 aliphatic rings. The second-order valence-corrected chi connectivity index (χ2v) is 8.90. The highest BCUT2D eigenvalue weighted by molar-refractivity contribution is 7.93. The Balaban J connectivity index is 2.01. The summed E-state index contributed by atoms with van der Waals surface area (Å²) < 4.78 is 30.4. The number of carbonyl (C=O) groups excluding carboxylic acids is 3. The number of ether oxygens (including phenoxy) is 1. The number of carbonyl (C=O) groups is 3. The lowest BCUT2D eigenvalue weighted by Gasteiger charge is -2.13. The Morgan fingerprint density at radius 2 is 1.47 bits per heavy atom. The van der Waals surface area contributed by atoms with Crippen LogP contribution in [-0.4, -0.2) is 43.6 Å². The molecule has 0 aliphatic carbocycles. The summed E-state index contributed by atoms with van der Waals surface area (Å²) in [4.78, 5) is 35.8. The van der Waals surface area contributed by atoms with Gasteiger partial charge in [-0.15, -0.1) is 0 Å². The van der Waals surface area contributed by atoms with E-state index in [9.17, 15) is 22.8 Å². The number of rotatable bonds is 9. The van der Waals surface area contributed by atoms with Crippen LogP contribution in [0.25, 0.3) is 0 Å². The van der Waals surface area contributed by atoms with Crippen LogP contribution in [0.3, 0.4) is 0 Å². The maximum Gasteiger partial charge on any atom is 0.239 e. The van der Waals surface area contributed by atoms with Crippen LogP contribution >= 0.6 is 0 Å². The zero-order valence-corrected chi connectivity index (χ0v) is 17.8. The number of nitrogens with one attached hydrogen (secondary N) is 2. The average Bonchev–Trinajstić information content (AvgIpc) is 2.68. The zero-order chi connectivity index (χ0) is 22.3. The number of sulfone groups is 1. The van der Waals surface area contributed by atoms with Crippen LogP contribution in [0.5, 0.6) is 5.75 Å². The standard InChI is InChI=1S/C21H24N2O6S/c1-4-29-19-11-9-18(10-12-19)23-20(25)13-30(27,28)14(2)21(26)16-5-7-17(8-6-16)22-15(3)24/h5-12,14H,4,13H2,1-3H3,(H,22,24)(H,23,25). The van der Waals surface area contributed by atoms with E-state index in [-0.39, 0.29) is 11.5 Å². The minimum absolute atomic E-state index is 0.173. The summed E-state index contributed by atoms with van der Waals surface area (Å²) in [5.41, 5.74) is 1.09. The minimum Gasteiger partial charge on any atom is -0.494 e. The maximum atomic E-state index is 12.6. The van der Waals surface area contributed by atoms with Crippen molar-refractivity contribution >= 4 is 38.8 Å². The predicted octanol–water partition coefficient (Wildman–Crippen LogP) is 2.67. The van der Waals surface area contributed by atoms with Crippen molar-refractivity contribution in [1.82, 2.24) is 0 Å². The van der Waals surface area contributed by atoms with Crippen molar-refractivity contribution in [2.45, 2.75) is 26.0 Å². The lowest BCUT2D eigenvalue weighted by Crippen LogP contribution is -2.34. The molecule has 0 saturated carbocycles. The van der Waals surface area contributed by atoms with Crippen molar-refractivity contribution in [3.8, 4) is 5.75 Å². The maximum absolute atomic E-state index is 12.6. The van der Waals surface area contributed by atoms with Crippen LogP contribution in [0.4, 0.5) is 11.4 Å². The van der Waals surface area contributed by atoms with Crippen LogP contribution < -0.4 is 15.4 Å². The van der Waals surface area contributed by atoms with Gasteiger partial charge in [0.25, 0.3) is 0 Å². The summed E-state index contributed by atoms with van der Waals surface area (Å²) in [6, 6.07) is 12.4. The lowest BCUT2D eigenvalue weighted by molar-refractivity contribution is -0.114. The van der Waals surface area contributed by atoms with Crippen LogP contribution in [0.1, 0.15) is 31.1 Å². The Bertz CT molecular complexity index is 1010. The topological polar surface area (TPSA) is 119 Å². The molecule has 0 spiro atoms. The van der Waals surface area contributed by atoms with Crippen LogP contribution in [0.15, 0.2) is 48.5 Å². The number of amides is 2. The van der Waals surface area contributed by atoms with E-state index in [4.69, 9.17) is 4.74 Å². The fraction of sp³-hybridized carbons (Fsp3) is 0.286. The molecule has 0 radical (unpaired) electrons. The van der Waals surface area contributed by atoms with Gasteiger partial charge in [0.15, 0.2) is 15.6 Å². The number of Topliss-reactive ketones (excluding diaryl/α,β-unsaturated/α-hetero) is 1. The predicted molar refractivity (Wildman–Crippen MR) is 115 cm³/mol. The third-order valence-electron chi connectivity index (χ3n) is 4.18. The van der Waals surface area contributed by atoms with Gasteiger partial charge in [-0.25, -0.2) is 8.42 Å². The fourth-order valence-corrected chi connectivity index (χ4v) is 3.77. The number of ketones is 1. The Morgan fingerprint density at radius 3 is 2.00 bits per heavy atom. The summed E-state index contributed by atoms with van der Waals surface area (Å²) in [6.07, 6.45) is 0. The summed E-state index contributed by atoms with van der Waals surface area (Å²) in [6.45, 7) is 4.96. The van der Waals surface area contributed by atoms with E-state index in [1.54, 1.807) is 24.3 Å². The molecule has 0 heterocycles. The van der Waals surface area contributed by atoms with Gasteiger partial charge in [0.2, 0.25) is 11.8 Å². The van der Waals surface area contributed by atoms with Crippen molar-refractivity contribution in [2.24, 2.45) is 0 Å². The first-order valence-electron chi connectivity index (χ1n) is 9.28. The molecule has 0 bridgehead atoms. The van der Waals surface area contributed by atoms with Gasteiger partial charge in [0.1, 0.15) is 16.8 Å². The van der Waals surface area contributed by atoms with Gasteiger partial charge in [0, 0.05) is 23.9 Å². The molecular weight excluding hydrogens is 408 g/mol. The third kappa shape index (κ3) is 6.41. The summed E-state index contributed by atoms with van der Waals surface area (Å²) in [5.74, 6) is -1.81. The first kappa shape index (κ1) is 23.1. The summed E-state index contributed by atoms with van der Waals surface area (Å²) in [5, 5.41) is 3.67. The molecule has 2 aromatic rings. The molecule has 1 atom stereocenters. The van der Waals surface area contributed by atoms with Crippen molar-refractivity contribution < 1.29 is 27.5 Å². The van der Waals surface area contributed by atoms with Gasteiger partial charge in [-0.05, 0) is 62.4 Å². The molecule has 0 saturated heterocycles. The van der Waals surface area contributed by atoms with Gasteiger partial charge in [0.05, 0.1) is 6.61 Å². The smallest absolute Gasteiger partial charge is 0.239 e. The molecule has 2 amide bonds. The molecule has 0 fully saturated rings. The first-order valence-corrected chi connectivity index (χ1v) is 11.0. The lowest BCUT2D eigenvalue weighted by atomic mass is 10.1. The first-order chi connectivity index (χ1) is 14.1. The monoisotopic (exact) mass is 432 g/mol. The molecule has 9 heteroatoms. The van der Waals surface area contributed by atoms with Gasteiger partial charge in [-0.2, -0.15) is 0 Å². The minimum atomic E-state index is -4.03. The second kappa shape index (κ2) is 10.0. The van der Waals surface area contributed by atoms with Gasteiger partial charge in [-0.1, -0.05) is 0 Å². The Kier molecular flexibility index (Phi) is 7.71. The van der Waals surface area contributed by atoms with Crippen molar-refractivity contribution in [3.05, 3.63) is 54.1 Å². The van der Waals surface area contributed by atoms with Crippen molar-refractivity contribution in [1.29, 1.82) is 0 Å². The van der Waals surface area contributed by atoms with E-state index in [0.29, 0.717) is 23.7 Å². The normalized spacial score (nSPS) is 12.0. The van der Waals surface area contributed by atoms with Gasteiger partial charge >= 0.3 is 0 Å². The highest BCUT2D eigenvalue weighted by Crippen LogP contribution is 2.17. The van der Waals surface area contributed by atoms with Gasteiger partial charge in [-0.3, -0.25) is 14.4 Å². The molecule has 2 aromatic carbocycles. The molecule has 1 unspecified atom stereocenters. The average molecular weight is 432 g/mol. The molecule has 8 nitrogen and oxygen atoms in total. The van der Waals surface area contributed by atoms with E-state index in [1.165, 1.54) is 38.1 Å². The largest absolute Gasteiger partial charge is 0.494 e. The summed E-state index contributed by atoms with van der Waals surface area (Å²) in [7, 11) is -4.03. The number of hydrogen-bond acceptors (Lipinski definition) is 6. The molecule has 160 valence electrons. The molecule has 0 aliphatic heterocycles. The quantitative estimate of drug-likeness (QED) is 0.588. The summed E-state index contributed by atoms with van der Waals surface area (Å²) >= 11 is 0. The second-order valence-electron chi connectivity index (χ2n) is 6.58. The zero-order valence-electron chi connectivity index (χ0n) is 17.0. The molecular formula is C21H24N2O6S. The highest BCUT2D eigenvalue weighted by atomic mass is 32.2. The molecule has 0 aromatic heterocycles.